The second kappa shape index (κ2) is 6.93. The van der Waals surface area contributed by atoms with Crippen LogP contribution in [0.3, 0.4) is 0 Å². The zero-order valence-electron chi connectivity index (χ0n) is 11.9. The van der Waals surface area contributed by atoms with Gasteiger partial charge in [0.15, 0.2) is 0 Å². The third-order valence-corrected chi connectivity index (χ3v) is 4.21. The highest BCUT2D eigenvalue weighted by Gasteiger charge is 2.19. The van der Waals surface area contributed by atoms with Crippen LogP contribution in [-0.4, -0.2) is 16.1 Å². The SMILES string of the molecule is CCNC(CCC1CCCCC1)c1nccn1C. The fourth-order valence-electron chi connectivity index (χ4n) is 3.16. The van der Waals surface area contributed by atoms with Gasteiger partial charge in [-0.25, -0.2) is 4.98 Å². The van der Waals surface area contributed by atoms with Crippen molar-refractivity contribution in [2.24, 2.45) is 13.0 Å². The number of nitrogens with one attached hydrogen (secondary N) is 1. The summed E-state index contributed by atoms with van der Waals surface area (Å²) in [5.74, 6) is 2.15. The number of rotatable bonds is 6. The standard InChI is InChI=1S/C15H27N3/c1-3-16-14(15-17-11-12-18(15)2)10-9-13-7-5-4-6-8-13/h11-14,16H,3-10H2,1-2H3. The highest BCUT2D eigenvalue weighted by atomic mass is 15.1. The van der Waals surface area contributed by atoms with Gasteiger partial charge in [0.2, 0.25) is 0 Å². The van der Waals surface area contributed by atoms with Crippen molar-refractivity contribution in [1.82, 2.24) is 14.9 Å². The van der Waals surface area contributed by atoms with Gasteiger partial charge in [-0.3, -0.25) is 0 Å². The highest BCUT2D eigenvalue weighted by Crippen LogP contribution is 2.29. The van der Waals surface area contributed by atoms with E-state index in [0.717, 1.165) is 12.5 Å². The Morgan fingerprint density at radius 1 is 1.39 bits per heavy atom. The maximum atomic E-state index is 4.50. The van der Waals surface area contributed by atoms with Crippen molar-refractivity contribution in [3.05, 3.63) is 18.2 Å². The largest absolute Gasteiger partial charge is 0.337 e. The molecule has 0 amide bonds. The van der Waals surface area contributed by atoms with Crippen molar-refractivity contribution < 1.29 is 0 Å². The van der Waals surface area contributed by atoms with Crippen LogP contribution < -0.4 is 5.32 Å². The van der Waals surface area contributed by atoms with E-state index in [0.29, 0.717) is 6.04 Å². The summed E-state index contributed by atoms with van der Waals surface area (Å²) in [5.41, 5.74) is 0. The minimum atomic E-state index is 0.428. The van der Waals surface area contributed by atoms with E-state index in [1.165, 1.54) is 50.8 Å². The van der Waals surface area contributed by atoms with E-state index in [1.54, 1.807) is 0 Å². The Bertz CT molecular complexity index is 339. The fourth-order valence-corrected chi connectivity index (χ4v) is 3.16. The normalized spacial score (nSPS) is 19.0. The number of aryl methyl sites for hydroxylation is 1. The second-order valence-corrected chi connectivity index (χ2v) is 5.59. The molecule has 3 heteroatoms. The minimum absolute atomic E-state index is 0.428. The third-order valence-electron chi connectivity index (χ3n) is 4.21. The average Bonchev–Trinajstić information content (AvgIpc) is 2.82. The summed E-state index contributed by atoms with van der Waals surface area (Å²) in [6.45, 7) is 3.19. The van der Waals surface area contributed by atoms with Crippen LogP contribution in [0, 0.1) is 5.92 Å². The van der Waals surface area contributed by atoms with Gasteiger partial charge >= 0.3 is 0 Å². The van der Waals surface area contributed by atoms with Crippen LogP contribution in [0.25, 0.3) is 0 Å². The lowest BCUT2D eigenvalue weighted by atomic mass is 9.85. The van der Waals surface area contributed by atoms with Gasteiger partial charge in [0.05, 0.1) is 6.04 Å². The maximum Gasteiger partial charge on any atom is 0.125 e. The lowest BCUT2D eigenvalue weighted by Gasteiger charge is -2.24. The summed E-state index contributed by atoms with van der Waals surface area (Å²) in [7, 11) is 2.09. The first-order valence-electron chi connectivity index (χ1n) is 7.52. The molecule has 1 aliphatic carbocycles. The predicted molar refractivity (Wildman–Crippen MR) is 75.4 cm³/mol. The van der Waals surface area contributed by atoms with Crippen molar-refractivity contribution in [3.8, 4) is 0 Å². The molecule has 1 aliphatic rings. The summed E-state index contributed by atoms with van der Waals surface area (Å²) < 4.78 is 2.15. The molecule has 2 rings (SSSR count). The summed E-state index contributed by atoms with van der Waals surface area (Å²) >= 11 is 0. The van der Waals surface area contributed by atoms with Gasteiger partial charge in [-0.1, -0.05) is 39.0 Å². The summed E-state index contributed by atoms with van der Waals surface area (Å²) in [4.78, 5) is 4.50. The Morgan fingerprint density at radius 3 is 2.78 bits per heavy atom. The van der Waals surface area contributed by atoms with E-state index in [1.807, 2.05) is 12.4 Å². The zero-order valence-corrected chi connectivity index (χ0v) is 11.9. The summed E-state index contributed by atoms with van der Waals surface area (Å²) in [6, 6.07) is 0.428. The molecule has 1 unspecified atom stereocenters. The van der Waals surface area contributed by atoms with Gasteiger partial charge in [0.25, 0.3) is 0 Å². The second-order valence-electron chi connectivity index (χ2n) is 5.59. The molecular formula is C15H27N3. The smallest absolute Gasteiger partial charge is 0.125 e. The van der Waals surface area contributed by atoms with E-state index in [9.17, 15) is 0 Å². The molecule has 102 valence electrons. The fraction of sp³-hybridized carbons (Fsp3) is 0.800. The Hall–Kier alpha value is -0.830. The topological polar surface area (TPSA) is 29.9 Å². The number of imidazole rings is 1. The number of nitrogens with zero attached hydrogens (tertiary/aromatic N) is 2. The lowest BCUT2D eigenvalue weighted by Crippen LogP contribution is -2.24. The van der Waals surface area contributed by atoms with Gasteiger partial charge in [-0.05, 0) is 25.3 Å². The lowest BCUT2D eigenvalue weighted by molar-refractivity contribution is 0.311. The molecule has 1 fully saturated rings. The Balaban J connectivity index is 1.88. The summed E-state index contributed by atoms with van der Waals surface area (Å²) in [6.07, 6.45) is 13.7. The highest BCUT2D eigenvalue weighted by molar-refractivity contribution is 4.98. The van der Waals surface area contributed by atoms with Crippen LogP contribution in [-0.2, 0) is 7.05 Å². The number of aromatic nitrogens is 2. The molecule has 1 aromatic heterocycles. The first-order chi connectivity index (χ1) is 8.81. The van der Waals surface area contributed by atoms with Crippen LogP contribution in [0.1, 0.15) is 63.7 Å². The molecule has 1 atom stereocenters. The van der Waals surface area contributed by atoms with Crippen molar-refractivity contribution in [3.63, 3.8) is 0 Å². The van der Waals surface area contributed by atoms with Crippen molar-refractivity contribution in [1.29, 1.82) is 0 Å². The quantitative estimate of drug-likeness (QED) is 0.837. The summed E-state index contributed by atoms with van der Waals surface area (Å²) in [5, 5.41) is 3.58. The van der Waals surface area contributed by atoms with Crippen LogP contribution in [0.4, 0.5) is 0 Å². The Morgan fingerprint density at radius 2 is 2.17 bits per heavy atom. The van der Waals surface area contributed by atoms with Gasteiger partial charge in [0, 0.05) is 19.4 Å². The average molecular weight is 249 g/mol. The molecule has 1 aromatic rings. The predicted octanol–water partition coefficient (Wildman–Crippen LogP) is 3.43. The molecule has 1 heterocycles. The van der Waals surface area contributed by atoms with E-state index in [-0.39, 0.29) is 0 Å². The van der Waals surface area contributed by atoms with Gasteiger partial charge < -0.3 is 9.88 Å². The maximum absolute atomic E-state index is 4.50. The molecule has 18 heavy (non-hydrogen) atoms. The van der Waals surface area contributed by atoms with Crippen molar-refractivity contribution in [2.75, 3.05) is 6.54 Å². The molecule has 0 saturated heterocycles. The van der Waals surface area contributed by atoms with Crippen LogP contribution in [0.2, 0.25) is 0 Å². The van der Waals surface area contributed by atoms with Gasteiger partial charge in [-0.2, -0.15) is 0 Å². The third kappa shape index (κ3) is 3.58. The molecule has 0 bridgehead atoms. The first kappa shape index (κ1) is 13.6. The number of hydrogen-bond donors (Lipinski definition) is 1. The van der Waals surface area contributed by atoms with Crippen molar-refractivity contribution in [2.45, 2.75) is 57.9 Å². The zero-order chi connectivity index (χ0) is 12.8. The van der Waals surface area contributed by atoms with E-state index in [2.05, 4.69) is 28.8 Å². The first-order valence-corrected chi connectivity index (χ1v) is 7.52. The minimum Gasteiger partial charge on any atom is -0.337 e. The van der Waals surface area contributed by atoms with Crippen LogP contribution in [0.15, 0.2) is 12.4 Å². The Labute approximate surface area is 111 Å². The Kier molecular flexibility index (Phi) is 5.24. The van der Waals surface area contributed by atoms with Crippen LogP contribution >= 0.6 is 0 Å². The molecule has 0 aromatic carbocycles. The van der Waals surface area contributed by atoms with Gasteiger partial charge in [-0.15, -0.1) is 0 Å². The number of hydrogen-bond acceptors (Lipinski definition) is 2. The molecule has 1 saturated carbocycles. The molecule has 3 nitrogen and oxygen atoms in total. The molecule has 0 aliphatic heterocycles. The van der Waals surface area contributed by atoms with Crippen LogP contribution in [0.5, 0.6) is 0 Å². The molecule has 1 N–H and O–H groups in total. The van der Waals surface area contributed by atoms with E-state index >= 15 is 0 Å². The van der Waals surface area contributed by atoms with E-state index < -0.39 is 0 Å². The molecule has 0 spiro atoms. The van der Waals surface area contributed by atoms with Gasteiger partial charge in [0.1, 0.15) is 5.82 Å². The molecular weight excluding hydrogens is 222 g/mol. The van der Waals surface area contributed by atoms with Crippen molar-refractivity contribution >= 4 is 0 Å². The monoisotopic (exact) mass is 249 g/mol. The van der Waals surface area contributed by atoms with E-state index in [4.69, 9.17) is 0 Å². The molecule has 0 radical (unpaired) electrons.